The lowest BCUT2D eigenvalue weighted by Gasteiger charge is -2.10. The maximum absolute atomic E-state index is 12.6. The van der Waals surface area contributed by atoms with Crippen molar-refractivity contribution in [3.05, 3.63) is 83.2 Å². The first-order valence-electron chi connectivity index (χ1n) is 8.41. The molecule has 0 radical (unpaired) electrons. The van der Waals surface area contributed by atoms with E-state index in [1.54, 1.807) is 12.1 Å². The number of benzene rings is 2. The fraction of sp³-hybridized carbons (Fsp3) is 0.150. The van der Waals surface area contributed by atoms with Gasteiger partial charge in [-0.3, -0.25) is 4.79 Å². The number of amides is 1. The maximum Gasteiger partial charge on any atom is 0.253 e. The van der Waals surface area contributed by atoms with Gasteiger partial charge in [-0.1, -0.05) is 30.3 Å². The Kier molecular flexibility index (Phi) is 5.16. The molecule has 0 spiro atoms. The summed E-state index contributed by atoms with van der Waals surface area (Å²) < 4.78 is 24.6. The summed E-state index contributed by atoms with van der Waals surface area (Å²) in [6.45, 7) is 4.16. The molecule has 0 bridgehead atoms. The van der Waals surface area contributed by atoms with Crippen molar-refractivity contribution in [1.29, 1.82) is 0 Å². The van der Waals surface area contributed by atoms with Crippen LogP contribution in [0.4, 0.5) is 0 Å². The highest BCUT2D eigenvalue weighted by Crippen LogP contribution is 2.20. The van der Waals surface area contributed by atoms with Gasteiger partial charge in [0.2, 0.25) is 10.0 Å². The van der Waals surface area contributed by atoms with Crippen LogP contribution in [0, 0.1) is 13.8 Å². The average Bonchev–Trinajstić information content (AvgIpc) is 2.94. The number of para-hydroxylation sites is 1. The number of nitrogens with one attached hydrogen (secondary N) is 1. The molecule has 0 fully saturated rings. The lowest BCUT2D eigenvalue weighted by atomic mass is 10.2. The van der Waals surface area contributed by atoms with E-state index in [0.717, 1.165) is 22.6 Å². The Balaban J connectivity index is 1.76. The van der Waals surface area contributed by atoms with E-state index in [1.807, 2.05) is 54.8 Å². The first kappa shape index (κ1) is 18.9. The van der Waals surface area contributed by atoms with Gasteiger partial charge in [0, 0.05) is 23.6 Å². The summed E-state index contributed by atoms with van der Waals surface area (Å²) in [6, 6.07) is 17.8. The molecule has 3 rings (SSSR count). The van der Waals surface area contributed by atoms with E-state index in [1.165, 1.54) is 12.1 Å². The fourth-order valence-corrected chi connectivity index (χ4v) is 3.56. The molecule has 140 valence electrons. The lowest BCUT2D eigenvalue weighted by Crippen LogP contribution is -2.23. The third kappa shape index (κ3) is 4.10. The number of nitrogens with zero attached hydrogens (tertiary/aromatic N) is 1. The smallest absolute Gasteiger partial charge is 0.253 e. The second-order valence-corrected chi connectivity index (χ2v) is 7.89. The average molecular weight is 383 g/mol. The van der Waals surface area contributed by atoms with Gasteiger partial charge in [0.1, 0.15) is 0 Å². The van der Waals surface area contributed by atoms with Crippen LogP contribution in [0.25, 0.3) is 5.69 Å². The van der Waals surface area contributed by atoms with Gasteiger partial charge in [-0.15, -0.1) is 0 Å². The standard InChI is InChI=1S/C20H21N3O3S/c1-14-12-19(15(2)23(14)17-6-4-3-5-7-17)20(24)22-13-16-8-10-18(11-9-16)27(21,25)26/h3-12H,13H2,1-2H3,(H,22,24)(H2,21,25,26). The van der Waals surface area contributed by atoms with Crippen molar-refractivity contribution in [3.63, 3.8) is 0 Å². The summed E-state index contributed by atoms with van der Waals surface area (Å²) >= 11 is 0. The van der Waals surface area contributed by atoms with Crippen molar-refractivity contribution in [1.82, 2.24) is 9.88 Å². The van der Waals surface area contributed by atoms with Crippen molar-refractivity contribution >= 4 is 15.9 Å². The van der Waals surface area contributed by atoms with Crippen LogP contribution in [-0.2, 0) is 16.6 Å². The van der Waals surface area contributed by atoms with E-state index in [0.29, 0.717) is 12.1 Å². The summed E-state index contributed by atoms with van der Waals surface area (Å²) in [4.78, 5) is 12.7. The highest BCUT2D eigenvalue weighted by molar-refractivity contribution is 7.89. The number of primary sulfonamides is 1. The Hall–Kier alpha value is -2.90. The number of aromatic nitrogens is 1. The van der Waals surface area contributed by atoms with Gasteiger partial charge in [0.25, 0.3) is 5.91 Å². The number of hydrogen-bond acceptors (Lipinski definition) is 3. The molecule has 27 heavy (non-hydrogen) atoms. The van der Waals surface area contributed by atoms with E-state index in [9.17, 15) is 13.2 Å². The van der Waals surface area contributed by atoms with Crippen molar-refractivity contribution in [3.8, 4) is 5.69 Å². The number of nitrogens with two attached hydrogens (primary N) is 1. The van der Waals surface area contributed by atoms with E-state index in [4.69, 9.17) is 5.14 Å². The van der Waals surface area contributed by atoms with Gasteiger partial charge in [-0.05, 0) is 49.7 Å². The molecule has 2 aromatic carbocycles. The van der Waals surface area contributed by atoms with Gasteiger partial charge in [0.05, 0.1) is 10.5 Å². The first-order valence-corrected chi connectivity index (χ1v) is 9.96. The molecule has 0 unspecified atom stereocenters. The predicted octanol–water partition coefficient (Wildman–Crippen LogP) is 2.67. The molecular formula is C20H21N3O3S. The zero-order chi connectivity index (χ0) is 19.6. The van der Waals surface area contributed by atoms with E-state index in [-0.39, 0.29) is 10.8 Å². The van der Waals surface area contributed by atoms with Crippen LogP contribution < -0.4 is 10.5 Å². The van der Waals surface area contributed by atoms with Crippen LogP contribution in [0.15, 0.2) is 65.6 Å². The summed E-state index contributed by atoms with van der Waals surface area (Å²) in [6.07, 6.45) is 0. The molecule has 0 aliphatic heterocycles. The van der Waals surface area contributed by atoms with Crippen molar-refractivity contribution in [2.75, 3.05) is 0 Å². The molecule has 7 heteroatoms. The number of aryl methyl sites for hydroxylation is 1. The topological polar surface area (TPSA) is 94.2 Å². The molecule has 3 aromatic rings. The van der Waals surface area contributed by atoms with Gasteiger partial charge in [0.15, 0.2) is 0 Å². The van der Waals surface area contributed by atoms with Gasteiger partial charge < -0.3 is 9.88 Å². The summed E-state index contributed by atoms with van der Waals surface area (Å²) in [7, 11) is -3.72. The fourth-order valence-electron chi connectivity index (χ4n) is 3.04. The summed E-state index contributed by atoms with van der Waals surface area (Å²) in [5.41, 5.74) is 4.23. The minimum Gasteiger partial charge on any atom is -0.348 e. The van der Waals surface area contributed by atoms with Crippen LogP contribution >= 0.6 is 0 Å². The minimum atomic E-state index is -3.72. The van der Waals surface area contributed by atoms with Crippen LogP contribution in [-0.4, -0.2) is 18.9 Å². The Morgan fingerprint density at radius 2 is 1.67 bits per heavy atom. The highest BCUT2D eigenvalue weighted by Gasteiger charge is 2.16. The second kappa shape index (κ2) is 7.38. The quantitative estimate of drug-likeness (QED) is 0.709. The summed E-state index contributed by atoms with van der Waals surface area (Å²) in [5, 5.41) is 7.96. The molecule has 6 nitrogen and oxygen atoms in total. The van der Waals surface area contributed by atoms with Crippen molar-refractivity contribution < 1.29 is 13.2 Å². The Labute approximate surface area is 158 Å². The molecular weight excluding hydrogens is 362 g/mol. The second-order valence-electron chi connectivity index (χ2n) is 6.33. The number of carbonyl (C=O) groups is 1. The minimum absolute atomic E-state index is 0.0454. The normalized spacial score (nSPS) is 11.4. The number of sulfonamides is 1. The van der Waals surface area contributed by atoms with E-state index < -0.39 is 10.0 Å². The number of carbonyl (C=O) groups excluding carboxylic acids is 1. The lowest BCUT2D eigenvalue weighted by molar-refractivity contribution is 0.0950. The molecule has 1 amide bonds. The van der Waals surface area contributed by atoms with Crippen molar-refractivity contribution in [2.24, 2.45) is 5.14 Å². The first-order chi connectivity index (χ1) is 12.8. The van der Waals surface area contributed by atoms with E-state index in [2.05, 4.69) is 5.32 Å². The molecule has 1 aromatic heterocycles. The van der Waals surface area contributed by atoms with Gasteiger partial charge in [-0.25, -0.2) is 13.6 Å². The molecule has 0 saturated carbocycles. The third-order valence-corrected chi connectivity index (χ3v) is 5.32. The van der Waals surface area contributed by atoms with Crippen molar-refractivity contribution in [2.45, 2.75) is 25.3 Å². The molecule has 0 atom stereocenters. The third-order valence-electron chi connectivity index (χ3n) is 4.40. The monoisotopic (exact) mass is 383 g/mol. The van der Waals surface area contributed by atoms with E-state index >= 15 is 0 Å². The molecule has 0 saturated heterocycles. The predicted molar refractivity (Wildman–Crippen MR) is 104 cm³/mol. The van der Waals surface area contributed by atoms with Crippen LogP contribution in [0.3, 0.4) is 0 Å². The maximum atomic E-state index is 12.6. The number of rotatable bonds is 5. The molecule has 0 aliphatic rings. The number of hydrogen-bond donors (Lipinski definition) is 2. The largest absolute Gasteiger partial charge is 0.348 e. The van der Waals surface area contributed by atoms with Crippen LogP contribution in [0.1, 0.15) is 27.3 Å². The molecule has 1 heterocycles. The van der Waals surface area contributed by atoms with Crippen LogP contribution in [0.5, 0.6) is 0 Å². The molecule has 3 N–H and O–H groups in total. The molecule has 0 aliphatic carbocycles. The van der Waals surface area contributed by atoms with Crippen LogP contribution in [0.2, 0.25) is 0 Å². The Bertz CT molecular complexity index is 1070. The van der Waals surface area contributed by atoms with Gasteiger partial charge in [-0.2, -0.15) is 0 Å². The Morgan fingerprint density at radius 3 is 2.26 bits per heavy atom. The SMILES string of the molecule is Cc1cc(C(=O)NCc2ccc(S(N)(=O)=O)cc2)c(C)n1-c1ccccc1. The zero-order valence-electron chi connectivity index (χ0n) is 15.1. The summed E-state index contributed by atoms with van der Waals surface area (Å²) in [5.74, 6) is -0.180. The van der Waals surface area contributed by atoms with Gasteiger partial charge >= 0.3 is 0 Å². The highest BCUT2D eigenvalue weighted by atomic mass is 32.2. The Morgan fingerprint density at radius 1 is 1.04 bits per heavy atom. The zero-order valence-corrected chi connectivity index (χ0v) is 16.0.